The Balaban J connectivity index is 1.47. The summed E-state index contributed by atoms with van der Waals surface area (Å²) < 4.78 is 34.3. The lowest BCUT2D eigenvalue weighted by molar-refractivity contribution is -0.379. The number of aliphatic hydroxyl groups excluding tert-OH is 11. The van der Waals surface area contributed by atoms with E-state index < -0.39 is 124 Å². The van der Waals surface area contributed by atoms with Crippen LogP contribution in [0.25, 0.3) is 0 Å². The first kappa shape index (κ1) is 73.3. The van der Waals surface area contributed by atoms with Crippen molar-refractivity contribution in [3.8, 4) is 0 Å². The van der Waals surface area contributed by atoms with Crippen molar-refractivity contribution in [2.45, 2.75) is 324 Å². The SMILES string of the molecule is CCC/C=C\C/C=C\CCCCCCCC(=O)NC(COC1OC(CO)C(OC2OC(CO)C(OC3OC(CO)C(O)C(O)C3O)C(O)C2O)C(O)C1O)C(O)/C=C/CCCCCCCCCCCCCCCCCCCCCCC. The maximum Gasteiger partial charge on any atom is 0.220 e. The predicted octanol–water partition coefficient (Wildman–Crippen LogP) is 6.49. The topological polar surface area (TPSA) is 307 Å². The average molecular weight is 1160 g/mol. The van der Waals surface area contributed by atoms with Crippen LogP contribution in [0.15, 0.2) is 36.5 Å². The van der Waals surface area contributed by atoms with Gasteiger partial charge in [0.1, 0.15) is 73.2 Å². The molecule has 0 aromatic heterocycles. The minimum absolute atomic E-state index is 0.227. The van der Waals surface area contributed by atoms with Crippen LogP contribution >= 0.6 is 0 Å². The molecule has 19 heteroatoms. The van der Waals surface area contributed by atoms with Crippen molar-refractivity contribution in [3.05, 3.63) is 36.5 Å². The molecule has 0 aromatic carbocycles. The fourth-order valence-electron chi connectivity index (χ4n) is 10.7. The van der Waals surface area contributed by atoms with E-state index >= 15 is 0 Å². The number of hydrogen-bond donors (Lipinski definition) is 12. The van der Waals surface area contributed by atoms with Gasteiger partial charge in [0.05, 0.1) is 38.6 Å². The van der Waals surface area contributed by atoms with Gasteiger partial charge in [-0.15, -0.1) is 0 Å². The van der Waals surface area contributed by atoms with Crippen molar-refractivity contribution in [3.63, 3.8) is 0 Å². The average Bonchev–Trinajstić information content (AvgIpc) is 3.51. The summed E-state index contributed by atoms with van der Waals surface area (Å²) in [4.78, 5) is 13.3. The Morgan fingerprint density at radius 2 is 0.840 bits per heavy atom. The van der Waals surface area contributed by atoms with Gasteiger partial charge >= 0.3 is 0 Å². The molecular formula is C62H113NO18. The van der Waals surface area contributed by atoms with E-state index in [1.54, 1.807) is 6.08 Å². The van der Waals surface area contributed by atoms with Gasteiger partial charge in [0, 0.05) is 6.42 Å². The first-order valence-corrected chi connectivity index (χ1v) is 31.7. The largest absolute Gasteiger partial charge is 0.394 e. The third kappa shape index (κ3) is 28.8. The first-order chi connectivity index (χ1) is 39.3. The molecule has 19 nitrogen and oxygen atoms in total. The van der Waals surface area contributed by atoms with Crippen LogP contribution in [0.5, 0.6) is 0 Å². The van der Waals surface area contributed by atoms with Gasteiger partial charge in [0.15, 0.2) is 18.9 Å². The normalized spacial score (nSPS) is 30.0. The summed E-state index contributed by atoms with van der Waals surface area (Å²) in [6.07, 6.45) is 22.7. The number of carbonyl (C=O) groups excluding carboxylic acids is 1. The monoisotopic (exact) mass is 1160 g/mol. The number of aliphatic hydroxyl groups is 11. The van der Waals surface area contributed by atoms with Gasteiger partial charge in [-0.25, -0.2) is 0 Å². The number of allylic oxidation sites excluding steroid dienone is 5. The molecule has 0 aromatic rings. The number of nitrogens with one attached hydrogen (secondary N) is 1. The molecule has 3 rings (SSSR count). The molecule has 1 amide bonds. The van der Waals surface area contributed by atoms with Gasteiger partial charge in [0.25, 0.3) is 0 Å². The summed E-state index contributed by atoms with van der Waals surface area (Å²) in [6.45, 7) is 1.65. The van der Waals surface area contributed by atoms with E-state index in [-0.39, 0.29) is 18.9 Å². The third-order valence-electron chi connectivity index (χ3n) is 15.9. The van der Waals surface area contributed by atoms with Gasteiger partial charge in [-0.2, -0.15) is 0 Å². The van der Waals surface area contributed by atoms with Crippen molar-refractivity contribution < 1.29 is 89.4 Å². The molecule has 81 heavy (non-hydrogen) atoms. The molecule has 0 bridgehead atoms. The van der Waals surface area contributed by atoms with Crippen LogP contribution < -0.4 is 5.32 Å². The molecule has 3 saturated heterocycles. The number of amides is 1. The minimum Gasteiger partial charge on any atom is -0.394 e. The van der Waals surface area contributed by atoms with E-state index in [2.05, 4.69) is 43.5 Å². The smallest absolute Gasteiger partial charge is 0.220 e. The predicted molar refractivity (Wildman–Crippen MR) is 309 cm³/mol. The lowest BCUT2D eigenvalue weighted by Gasteiger charge is -2.48. The zero-order valence-electron chi connectivity index (χ0n) is 49.5. The summed E-state index contributed by atoms with van der Waals surface area (Å²) in [7, 11) is 0. The second-order valence-electron chi connectivity index (χ2n) is 22.9. The minimum atomic E-state index is -1.98. The lowest BCUT2D eigenvalue weighted by atomic mass is 9.96. The lowest BCUT2D eigenvalue weighted by Crippen LogP contribution is -2.66. The Labute approximate surface area is 485 Å². The van der Waals surface area contributed by atoms with E-state index in [0.717, 1.165) is 77.0 Å². The van der Waals surface area contributed by atoms with Gasteiger partial charge in [0.2, 0.25) is 5.91 Å². The van der Waals surface area contributed by atoms with E-state index in [1.807, 2.05) is 6.08 Å². The molecule has 3 heterocycles. The second kappa shape index (κ2) is 45.3. The molecule has 0 spiro atoms. The van der Waals surface area contributed by atoms with Crippen molar-refractivity contribution in [1.82, 2.24) is 5.32 Å². The molecule has 3 fully saturated rings. The zero-order chi connectivity index (χ0) is 59.0. The number of carbonyl (C=O) groups is 1. The summed E-state index contributed by atoms with van der Waals surface area (Å²) in [5, 5.41) is 120. The molecule has 17 atom stereocenters. The fourth-order valence-corrected chi connectivity index (χ4v) is 10.7. The second-order valence-corrected chi connectivity index (χ2v) is 22.9. The van der Waals surface area contributed by atoms with Crippen molar-refractivity contribution >= 4 is 5.91 Å². The molecule has 12 N–H and O–H groups in total. The Bertz CT molecular complexity index is 1620. The summed E-state index contributed by atoms with van der Waals surface area (Å²) in [6, 6.07) is -0.979. The summed E-state index contributed by atoms with van der Waals surface area (Å²) >= 11 is 0. The highest BCUT2D eigenvalue weighted by Crippen LogP contribution is 2.33. The summed E-state index contributed by atoms with van der Waals surface area (Å²) in [5.74, 6) is -0.290. The van der Waals surface area contributed by atoms with Crippen LogP contribution in [0.1, 0.15) is 219 Å². The molecule has 3 aliphatic heterocycles. The Morgan fingerprint density at radius 1 is 0.444 bits per heavy atom. The molecule has 474 valence electrons. The van der Waals surface area contributed by atoms with Gasteiger partial charge in [-0.3, -0.25) is 4.79 Å². The van der Waals surface area contributed by atoms with Gasteiger partial charge < -0.3 is 89.9 Å². The van der Waals surface area contributed by atoms with Crippen molar-refractivity contribution in [1.29, 1.82) is 0 Å². The van der Waals surface area contributed by atoms with Gasteiger partial charge in [-0.1, -0.05) is 204 Å². The number of unbranched alkanes of at least 4 members (excludes halogenated alkanes) is 27. The van der Waals surface area contributed by atoms with Crippen molar-refractivity contribution in [2.75, 3.05) is 26.4 Å². The molecule has 17 unspecified atom stereocenters. The van der Waals surface area contributed by atoms with E-state index in [0.29, 0.717) is 6.42 Å². The van der Waals surface area contributed by atoms with E-state index in [1.165, 1.54) is 116 Å². The van der Waals surface area contributed by atoms with E-state index in [9.17, 15) is 61.0 Å². The number of hydrogen-bond acceptors (Lipinski definition) is 18. The standard InChI is InChI=1S/C62H113NO18/c1-3-5-7-9-11-13-15-17-18-19-20-21-22-23-24-25-26-28-29-31-33-35-37-39-46(67)45(63-50(68)40-38-36-34-32-30-27-16-14-12-10-8-6-4-2)44-76-60-56(74)53(71)58(48(42-65)78-60)81-62-57(75)54(72)59(49(43-66)79-62)80-61-55(73)52(70)51(69)47(41-64)77-61/h8,10,14,16,37,39,45-49,51-62,64-67,69-75H,3-7,9,11-13,15,17-36,38,40-44H2,1-2H3,(H,63,68)/b10-8-,16-14-,39-37+. The van der Waals surface area contributed by atoms with Gasteiger partial charge in [-0.05, 0) is 44.9 Å². The van der Waals surface area contributed by atoms with Crippen LogP contribution in [0.2, 0.25) is 0 Å². The third-order valence-corrected chi connectivity index (χ3v) is 15.9. The summed E-state index contributed by atoms with van der Waals surface area (Å²) in [5.41, 5.74) is 0. The van der Waals surface area contributed by atoms with Crippen molar-refractivity contribution in [2.24, 2.45) is 0 Å². The number of rotatable bonds is 47. The Kier molecular flexibility index (Phi) is 41.0. The Morgan fingerprint density at radius 3 is 1.31 bits per heavy atom. The molecule has 0 saturated carbocycles. The quantitative estimate of drug-likeness (QED) is 0.0229. The molecule has 0 aliphatic carbocycles. The Hall–Kier alpha value is -1.99. The van der Waals surface area contributed by atoms with Crippen LogP contribution in [0, 0.1) is 0 Å². The molecule has 0 radical (unpaired) electrons. The fraction of sp³-hybridized carbons (Fsp3) is 0.887. The maximum atomic E-state index is 13.3. The van der Waals surface area contributed by atoms with Crippen LogP contribution in [0.3, 0.4) is 0 Å². The number of ether oxygens (including phenoxy) is 6. The van der Waals surface area contributed by atoms with E-state index in [4.69, 9.17) is 28.4 Å². The molecule has 3 aliphatic rings. The first-order valence-electron chi connectivity index (χ1n) is 31.7. The highest BCUT2D eigenvalue weighted by molar-refractivity contribution is 5.76. The highest BCUT2D eigenvalue weighted by atomic mass is 16.8. The van der Waals surface area contributed by atoms with Crippen LogP contribution in [0.4, 0.5) is 0 Å². The van der Waals surface area contributed by atoms with Crippen LogP contribution in [-0.2, 0) is 33.2 Å². The zero-order valence-corrected chi connectivity index (χ0v) is 49.5. The highest BCUT2D eigenvalue weighted by Gasteiger charge is 2.53. The van der Waals surface area contributed by atoms with Crippen LogP contribution in [-0.4, -0.2) is 193 Å². The maximum absolute atomic E-state index is 13.3. The molecular weight excluding hydrogens is 1050 g/mol.